The number of ether oxygens (including phenoxy) is 1. The van der Waals surface area contributed by atoms with Gasteiger partial charge in [0.25, 0.3) is 0 Å². The first kappa shape index (κ1) is 15.0. The lowest BCUT2D eigenvalue weighted by Gasteiger charge is -2.20. The van der Waals surface area contributed by atoms with E-state index in [0.717, 1.165) is 69.8 Å². The van der Waals surface area contributed by atoms with Gasteiger partial charge in [-0.2, -0.15) is 5.10 Å². The quantitative estimate of drug-likeness (QED) is 0.719. The van der Waals surface area contributed by atoms with Crippen molar-refractivity contribution in [3.8, 4) is 0 Å². The van der Waals surface area contributed by atoms with Crippen LogP contribution in [-0.4, -0.2) is 36.5 Å². The molecule has 1 amide bonds. The van der Waals surface area contributed by atoms with Gasteiger partial charge in [-0.1, -0.05) is 13.3 Å². The molecular weight excluding hydrogens is 254 g/mol. The van der Waals surface area contributed by atoms with Gasteiger partial charge in [0.2, 0.25) is 6.41 Å². The number of aromatic nitrogens is 2. The third-order valence-electron chi connectivity index (χ3n) is 3.89. The molecule has 2 rings (SSSR count). The van der Waals surface area contributed by atoms with E-state index in [4.69, 9.17) is 4.74 Å². The van der Waals surface area contributed by atoms with Crippen molar-refractivity contribution < 1.29 is 9.53 Å². The van der Waals surface area contributed by atoms with Gasteiger partial charge in [0.15, 0.2) is 0 Å². The molecule has 0 saturated carbocycles. The molecule has 0 N–H and O–H groups in total. The van der Waals surface area contributed by atoms with Crippen molar-refractivity contribution in [3.63, 3.8) is 0 Å². The molecule has 0 aromatic carbocycles. The van der Waals surface area contributed by atoms with Crippen LogP contribution in [0.4, 0.5) is 5.82 Å². The summed E-state index contributed by atoms with van der Waals surface area (Å²) in [7, 11) is 1.78. The van der Waals surface area contributed by atoms with Crippen molar-refractivity contribution >= 4 is 12.2 Å². The van der Waals surface area contributed by atoms with Crippen LogP contribution in [0.5, 0.6) is 0 Å². The van der Waals surface area contributed by atoms with Crippen LogP contribution in [0, 0.1) is 5.92 Å². The minimum Gasteiger partial charge on any atom is -0.381 e. The standard InChI is InChI=1S/C15H25N3O2/c1-3-4-7-18-15(17(2)12-19)11-14(16-18)10-13-5-8-20-9-6-13/h11-13H,3-10H2,1-2H3. The predicted octanol–water partition coefficient (Wildman–Crippen LogP) is 2.24. The second kappa shape index (κ2) is 7.43. The highest BCUT2D eigenvalue weighted by atomic mass is 16.5. The van der Waals surface area contributed by atoms with Crippen LogP contribution < -0.4 is 4.90 Å². The molecule has 1 aliphatic heterocycles. The second-order valence-corrected chi connectivity index (χ2v) is 5.55. The van der Waals surface area contributed by atoms with E-state index in [-0.39, 0.29) is 0 Å². The molecule has 1 fully saturated rings. The van der Waals surface area contributed by atoms with Gasteiger partial charge < -0.3 is 9.64 Å². The Labute approximate surface area is 120 Å². The van der Waals surface area contributed by atoms with E-state index in [2.05, 4.69) is 18.1 Å². The number of carbonyl (C=O) groups excluding carboxylic acids is 1. The van der Waals surface area contributed by atoms with E-state index in [9.17, 15) is 4.79 Å². The van der Waals surface area contributed by atoms with E-state index in [0.29, 0.717) is 5.92 Å². The van der Waals surface area contributed by atoms with Crippen molar-refractivity contribution in [1.82, 2.24) is 9.78 Å². The summed E-state index contributed by atoms with van der Waals surface area (Å²) < 4.78 is 7.36. The normalized spacial score (nSPS) is 16.3. The maximum absolute atomic E-state index is 11.0. The first-order valence-corrected chi connectivity index (χ1v) is 7.57. The van der Waals surface area contributed by atoms with Crippen LogP contribution in [0.1, 0.15) is 38.3 Å². The lowest BCUT2D eigenvalue weighted by molar-refractivity contribution is -0.107. The number of rotatable bonds is 7. The molecular formula is C15H25N3O2. The molecule has 1 aromatic rings. The van der Waals surface area contributed by atoms with Gasteiger partial charge in [-0.15, -0.1) is 0 Å². The Morgan fingerprint density at radius 2 is 2.25 bits per heavy atom. The lowest BCUT2D eigenvalue weighted by atomic mass is 9.95. The first-order chi connectivity index (χ1) is 9.74. The Balaban J connectivity index is 2.08. The van der Waals surface area contributed by atoms with Crippen LogP contribution in [0.3, 0.4) is 0 Å². The molecule has 20 heavy (non-hydrogen) atoms. The number of anilines is 1. The summed E-state index contributed by atoms with van der Waals surface area (Å²) in [6.45, 7) is 4.76. The highest BCUT2D eigenvalue weighted by Crippen LogP contribution is 2.22. The van der Waals surface area contributed by atoms with Crippen molar-refractivity contribution in [1.29, 1.82) is 0 Å². The largest absolute Gasteiger partial charge is 0.381 e. The van der Waals surface area contributed by atoms with Crippen molar-refractivity contribution in [3.05, 3.63) is 11.8 Å². The Morgan fingerprint density at radius 3 is 2.90 bits per heavy atom. The Bertz CT molecular complexity index is 425. The second-order valence-electron chi connectivity index (χ2n) is 5.55. The van der Waals surface area contributed by atoms with Gasteiger partial charge in [0.1, 0.15) is 5.82 Å². The number of nitrogens with zero attached hydrogens (tertiary/aromatic N) is 3. The number of hydrogen-bond acceptors (Lipinski definition) is 3. The Kier molecular flexibility index (Phi) is 5.59. The summed E-state index contributed by atoms with van der Waals surface area (Å²) in [5.74, 6) is 1.56. The van der Waals surface area contributed by atoms with E-state index in [1.807, 2.05) is 4.68 Å². The van der Waals surface area contributed by atoms with Crippen molar-refractivity contribution in [2.75, 3.05) is 25.2 Å². The van der Waals surface area contributed by atoms with Crippen molar-refractivity contribution in [2.24, 2.45) is 5.92 Å². The molecule has 0 aliphatic carbocycles. The average Bonchev–Trinajstić information content (AvgIpc) is 2.88. The van der Waals surface area contributed by atoms with Crippen LogP contribution in [0.25, 0.3) is 0 Å². The molecule has 0 bridgehead atoms. The summed E-state index contributed by atoms with van der Waals surface area (Å²) in [5, 5.41) is 4.69. The third-order valence-corrected chi connectivity index (χ3v) is 3.89. The Hall–Kier alpha value is -1.36. The van der Waals surface area contributed by atoms with Crippen LogP contribution in [0.2, 0.25) is 0 Å². The van der Waals surface area contributed by atoms with E-state index < -0.39 is 0 Å². The van der Waals surface area contributed by atoms with E-state index in [1.54, 1.807) is 11.9 Å². The molecule has 1 aromatic heterocycles. The first-order valence-electron chi connectivity index (χ1n) is 7.57. The highest BCUT2D eigenvalue weighted by Gasteiger charge is 2.18. The minimum atomic E-state index is 0.660. The maximum atomic E-state index is 11.0. The summed E-state index contributed by atoms with van der Waals surface area (Å²) >= 11 is 0. The van der Waals surface area contributed by atoms with E-state index >= 15 is 0 Å². The number of carbonyl (C=O) groups is 1. The topological polar surface area (TPSA) is 47.4 Å². The summed E-state index contributed by atoms with van der Waals surface area (Å²) in [5.41, 5.74) is 1.09. The fourth-order valence-electron chi connectivity index (χ4n) is 2.62. The van der Waals surface area contributed by atoms with Crippen LogP contribution in [0.15, 0.2) is 6.07 Å². The molecule has 0 unspecified atom stereocenters. The third kappa shape index (κ3) is 3.82. The molecule has 1 aliphatic rings. The summed E-state index contributed by atoms with van der Waals surface area (Å²) in [6, 6.07) is 2.06. The molecule has 2 heterocycles. The molecule has 112 valence electrons. The Morgan fingerprint density at radius 1 is 1.50 bits per heavy atom. The SMILES string of the molecule is CCCCn1nc(CC2CCOCC2)cc1N(C)C=O. The fraction of sp³-hybridized carbons (Fsp3) is 0.733. The number of hydrogen-bond donors (Lipinski definition) is 0. The van der Waals surface area contributed by atoms with E-state index in [1.165, 1.54) is 0 Å². The van der Waals surface area contributed by atoms with Gasteiger partial charge in [-0.3, -0.25) is 4.79 Å². The zero-order chi connectivity index (χ0) is 14.4. The average molecular weight is 279 g/mol. The smallest absolute Gasteiger partial charge is 0.215 e. The van der Waals surface area contributed by atoms with Crippen molar-refractivity contribution in [2.45, 2.75) is 45.6 Å². The van der Waals surface area contributed by atoms with Gasteiger partial charge in [-0.25, -0.2) is 4.68 Å². The van der Waals surface area contributed by atoms with Gasteiger partial charge in [0.05, 0.1) is 5.69 Å². The highest BCUT2D eigenvalue weighted by molar-refractivity contribution is 5.72. The molecule has 0 radical (unpaired) electrons. The van der Waals surface area contributed by atoms with Crippen LogP contribution in [-0.2, 0) is 22.5 Å². The maximum Gasteiger partial charge on any atom is 0.215 e. The summed E-state index contributed by atoms with van der Waals surface area (Å²) in [4.78, 5) is 12.6. The predicted molar refractivity (Wildman–Crippen MR) is 78.8 cm³/mol. The van der Waals surface area contributed by atoms with Crippen LogP contribution >= 0.6 is 0 Å². The molecule has 0 atom stereocenters. The minimum absolute atomic E-state index is 0.660. The number of unbranched alkanes of at least 4 members (excludes halogenated alkanes) is 1. The zero-order valence-electron chi connectivity index (χ0n) is 12.5. The molecule has 0 spiro atoms. The van der Waals surface area contributed by atoms with Gasteiger partial charge in [-0.05, 0) is 31.6 Å². The molecule has 5 heteroatoms. The van der Waals surface area contributed by atoms with Gasteiger partial charge in [0, 0.05) is 32.9 Å². The summed E-state index contributed by atoms with van der Waals surface area (Å²) in [6.07, 6.45) is 6.26. The number of amides is 1. The molecule has 1 saturated heterocycles. The zero-order valence-corrected chi connectivity index (χ0v) is 12.5. The number of aryl methyl sites for hydroxylation is 1. The molecule has 5 nitrogen and oxygen atoms in total. The monoisotopic (exact) mass is 279 g/mol. The van der Waals surface area contributed by atoms with Gasteiger partial charge >= 0.3 is 0 Å². The fourth-order valence-corrected chi connectivity index (χ4v) is 2.62. The lowest BCUT2D eigenvalue weighted by Crippen LogP contribution is -2.18.